The van der Waals surface area contributed by atoms with Gasteiger partial charge < -0.3 is 10.2 Å². The first kappa shape index (κ1) is 18.7. The maximum Gasteiger partial charge on any atom is 0.317 e. The Bertz CT molecular complexity index is 775. The van der Waals surface area contributed by atoms with E-state index in [2.05, 4.69) is 22.9 Å². The van der Waals surface area contributed by atoms with E-state index < -0.39 is 18.3 Å². The summed E-state index contributed by atoms with van der Waals surface area (Å²) in [5.41, 5.74) is 1.70. The molecule has 2 aromatic rings. The van der Waals surface area contributed by atoms with E-state index in [0.29, 0.717) is 11.1 Å². The highest BCUT2D eigenvalue weighted by molar-refractivity contribution is 7.78. The van der Waals surface area contributed by atoms with Crippen LogP contribution < -0.4 is 10.0 Å². The summed E-state index contributed by atoms with van der Waals surface area (Å²) in [5.74, 6) is -0.351. The first-order valence-corrected chi connectivity index (χ1v) is 8.86. The summed E-state index contributed by atoms with van der Waals surface area (Å²) in [7, 11) is 1.49. The molecule has 3 rings (SSSR count). The van der Waals surface area contributed by atoms with Crippen molar-refractivity contribution in [1.29, 1.82) is 0 Å². The molecule has 2 N–H and O–H groups in total. The molecule has 1 aliphatic rings. The topological polar surface area (TPSA) is 44.4 Å². The van der Waals surface area contributed by atoms with E-state index in [-0.39, 0.29) is 24.8 Å². The summed E-state index contributed by atoms with van der Waals surface area (Å²) in [6.07, 6.45) is -1.08. The van der Waals surface area contributed by atoms with Gasteiger partial charge in [-0.25, -0.2) is 13.6 Å². The Hall–Kier alpha value is -2.12. The number of likely N-dealkylation sites (tertiary alicyclic amines) is 1. The van der Waals surface area contributed by atoms with Crippen molar-refractivity contribution in [3.8, 4) is 11.1 Å². The third-order valence-corrected chi connectivity index (χ3v) is 5.09. The van der Waals surface area contributed by atoms with Crippen molar-refractivity contribution < 1.29 is 13.6 Å². The van der Waals surface area contributed by atoms with Gasteiger partial charge in [-0.3, -0.25) is 4.72 Å². The van der Waals surface area contributed by atoms with Crippen LogP contribution in [0.5, 0.6) is 0 Å². The molecule has 3 unspecified atom stereocenters. The Balaban J connectivity index is 1.93. The number of rotatable bonds is 4. The van der Waals surface area contributed by atoms with Crippen molar-refractivity contribution in [3.63, 3.8) is 0 Å². The van der Waals surface area contributed by atoms with E-state index >= 15 is 4.39 Å². The SMILES string of the molecule is CNC(=O)N1CC(F)C(NS)C1Cc1cccc(-c2ccccc2)c1F. The Morgan fingerprint density at radius 1 is 1.23 bits per heavy atom. The van der Waals surface area contributed by atoms with Crippen LogP contribution in [0.2, 0.25) is 0 Å². The van der Waals surface area contributed by atoms with Gasteiger partial charge in [0.2, 0.25) is 0 Å². The minimum atomic E-state index is -1.27. The largest absolute Gasteiger partial charge is 0.341 e. The number of amides is 2. The molecule has 4 nitrogen and oxygen atoms in total. The fourth-order valence-corrected chi connectivity index (χ4v) is 3.79. The zero-order valence-electron chi connectivity index (χ0n) is 14.3. The van der Waals surface area contributed by atoms with Gasteiger partial charge in [0.15, 0.2) is 0 Å². The predicted octanol–water partition coefficient (Wildman–Crippen LogP) is 3.20. The number of carbonyl (C=O) groups excluding carboxylic acids is 1. The van der Waals surface area contributed by atoms with E-state index in [0.717, 1.165) is 5.56 Å². The minimum absolute atomic E-state index is 0.0530. The molecule has 0 bridgehead atoms. The fraction of sp³-hybridized carbons (Fsp3) is 0.316. The van der Waals surface area contributed by atoms with Crippen LogP contribution >= 0.6 is 12.8 Å². The molecule has 0 spiro atoms. The van der Waals surface area contributed by atoms with Gasteiger partial charge >= 0.3 is 6.03 Å². The van der Waals surface area contributed by atoms with Crippen LogP contribution in [0, 0.1) is 5.82 Å². The number of nitrogens with one attached hydrogen (secondary N) is 2. The van der Waals surface area contributed by atoms with Crippen LogP contribution in [-0.4, -0.2) is 42.8 Å². The van der Waals surface area contributed by atoms with Crippen molar-refractivity contribution >= 4 is 18.8 Å². The number of thiol groups is 1. The molecular formula is C19H21F2N3OS. The van der Waals surface area contributed by atoms with E-state index in [1.807, 2.05) is 30.3 Å². The van der Waals surface area contributed by atoms with Crippen LogP contribution in [-0.2, 0) is 6.42 Å². The van der Waals surface area contributed by atoms with Crippen LogP contribution in [0.15, 0.2) is 48.5 Å². The standard InChI is InChI=1S/C19H21F2N3OS/c1-22-19(25)24-11-15(20)18(23-26)16(24)10-13-8-5-9-14(17(13)21)12-6-3-2-4-7-12/h2-9,15-16,18,23,26H,10-11H2,1H3,(H,22,25). The second-order valence-corrected chi connectivity index (χ2v) is 6.55. The van der Waals surface area contributed by atoms with Crippen LogP contribution in [0.1, 0.15) is 5.56 Å². The van der Waals surface area contributed by atoms with E-state index in [1.54, 1.807) is 18.2 Å². The third kappa shape index (κ3) is 3.54. The predicted molar refractivity (Wildman–Crippen MR) is 101 cm³/mol. The smallest absolute Gasteiger partial charge is 0.317 e. The Labute approximate surface area is 157 Å². The Morgan fingerprint density at radius 2 is 1.96 bits per heavy atom. The van der Waals surface area contributed by atoms with E-state index in [1.165, 1.54) is 11.9 Å². The highest BCUT2D eigenvalue weighted by Crippen LogP contribution is 2.29. The number of nitrogens with zero attached hydrogens (tertiary/aromatic N) is 1. The third-order valence-electron chi connectivity index (χ3n) is 4.79. The van der Waals surface area contributed by atoms with Crippen molar-refractivity contribution in [2.75, 3.05) is 13.6 Å². The summed E-state index contributed by atoms with van der Waals surface area (Å²) in [6.45, 7) is -0.0530. The van der Waals surface area contributed by atoms with Crippen molar-refractivity contribution in [3.05, 3.63) is 59.9 Å². The zero-order chi connectivity index (χ0) is 18.7. The van der Waals surface area contributed by atoms with Crippen LogP contribution in [0.25, 0.3) is 11.1 Å². The number of halogens is 2. The molecule has 1 heterocycles. The number of benzene rings is 2. The molecule has 7 heteroatoms. The number of hydrogen-bond acceptors (Lipinski definition) is 3. The van der Waals surface area contributed by atoms with Gasteiger partial charge in [0.25, 0.3) is 0 Å². The van der Waals surface area contributed by atoms with Gasteiger partial charge in [-0.2, -0.15) is 0 Å². The number of urea groups is 1. The average Bonchev–Trinajstić information content (AvgIpc) is 2.98. The molecule has 2 amide bonds. The first-order chi connectivity index (χ1) is 12.6. The molecule has 1 fully saturated rings. The summed E-state index contributed by atoms with van der Waals surface area (Å²) >= 11 is 4.00. The molecule has 0 aliphatic carbocycles. The van der Waals surface area contributed by atoms with Crippen molar-refractivity contribution in [2.45, 2.75) is 24.7 Å². The Kier molecular flexibility index (Phi) is 5.78. The average molecular weight is 377 g/mol. The molecule has 2 aromatic carbocycles. The first-order valence-electron chi connectivity index (χ1n) is 8.41. The molecule has 138 valence electrons. The molecule has 0 saturated carbocycles. The quantitative estimate of drug-likeness (QED) is 0.717. The molecular weight excluding hydrogens is 356 g/mol. The Morgan fingerprint density at radius 3 is 2.62 bits per heavy atom. The summed E-state index contributed by atoms with van der Waals surface area (Å²) in [4.78, 5) is 13.5. The van der Waals surface area contributed by atoms with Gasteiger partial charge in [0, 0.05) is 12.6 Å². The molecule has 3 atom stereocenters. The van der Waals surface area contributed by atoms with Gasteiger partial charge in [-0.1, -0.05) is 61.3 Å². The van der Waals surface area contributed by atoms with Crippen LogP contribution in [0.3, 0.4) is 0 Å². The van der Waals surface area contributed by atoms with E-state index in [9.17, 15) is 9.18 Å². The lowest BCUT2D eigenvalue weighted by atomic mass is 9.96. The molecule has 0 radical (unpaired) electrons. The fourth-order valence-electron chi connectivity index (χ4n) is 3.46. The lowest BCUT2D eigenvalue weighted by Gasteiger charge is -2.27. The van der Waals surface area contributed by atoms with Crippen molar-refractivity contribution in [2.24, 2.45) is 0 Å². The minimum Gasteiger partial charge on any atom is -0.341 e. The number of hydrogen-bond donors (Lipinski definition) is 3. The lowest BCUT2D eigenvalue weighted by Crippen LogP contribution is -2.47. The maximum atomic E-state index is 15.1. The highest BCUT2D eigenvalue weighted by atomic mass is 32.1. The second-order valence-electron chi connectivity index (χ2n) is 6.29. The van der Waals surface area contributed by atoms with E-state index in [4.69, 9.17) is 0 Å². The molecule has 1 aliphatic heterocycles. The number of alkyl halides is 1. The summed E-state index contributed by atoms with van der Waals surface area (Å²) < 4.78 is 32.0. The highest BCUT2D eigenvalue weighted by Gasteiger charge is 2.44. The molecule has 0 aromatic heterocycles. The lowest BCUT2D eigenvalue weighted by molar-refractivity contribution is 0.190. The molecule has 26 heavy (non-hydrogen) atoms. The summed E-state index contributed by atoms with van der Waals surface area (Å²) in [6, 6.07) is 12.8. The van der Waals surface area contributed by atoms with Gasteiger partial charge in [0.1, 0.15) is 12.0 Å². The van der Waals surface area contributed by atoms with Gasteiger partial charge in [0.05, 0.1) is 18.6 Å². The summed E-state index contributed by atoms with van der Waals surface area (Å²) in [5, 5.41) is 2.51. The normalized spacial score (nSPS) is 22.5. The van der Waals surface area contributed by atoms with Gasteiger partial charge in [-0.15, -0.1) is 0 Å². The maximum absolute atomic E-state index is 15.1. The number of carbonyl (C=O) groups is 1. The molecule has 1 saturated heterocycles. The monoisotopic (exact) mass is 377 g/mol. The van der Waals surface area contributed by atoms with Crippen LogP contribution in [0.4, 0.5) is 13.6 Å². The van der Waals surface area contributed by atoms with Gasteiger partial charge in [-0.05, 0) is 17.5 Å². The second kappa shape index (κ2) is 8.05. The zero-order valence-corrected chi connectivity index (χ0v) is 15.2. The van der Waals surface area contributed by atoms with Crippen molar-refractivity contribution in [1.82, 2.24) is 14.9 Å².